The van der Waals surface area contributed by atoms with Crippen LogP contribution in [0.5, 0.6) is 0 Å². The van der Waals surface area contributed by atoms with Gasteiger partial charge in [-0.2, -0.15) is 4.39 Å². The third-order valence-corrected chi connectivity index (χ3v) is 2.56. The molecule has 0 saturated carbocycles. The molecule has 0 amide bonds. The van der Waals surface area contributed by atoms with E-state index >= 15 is 0 Å². The lowest BCUT2D eigenvalue weighted by Gasteiger charge is -2.22. The second kappa shape index (κ2) is 4.33. The number of ether oxygens (including phenoxy) is 2. The summed E-state index contributed by atoms with van der Waals surface area (Å²) in [7, 11) is 0. The van der Waals surface area contributed by atoms with Crippen LogP contribution in [0.2, 0.25) is 0 Å². The Balaban J connectivity index is 2.18. The van der Waals surface area contributed by atoms with Gasteiger partial charge in [0, 0.05) is 0 Å². The predicted molar refractivity (Wildman–Crippen MR) is 51.4 cm³/mol. The monoisotopic (exact) mass is 261 g/mol. The number of hydrogen-bond acceptors (Lipinski definition) is 3. The van der Waals surface area contributed by atoms with E-state index in [2.05, 4.69) is 20.9 Å². The van der Waals surface area contributed by atoms with Crippen LogP contribution in [0, 0.1) is 5.95 Å². The highest BCUT2D eigenvalue weighted by Crippen LogP contribution is 2.21. The lowest BCUT2D eigenvalue weighted by Crippen LogP contribution is -2.22. The number of pyridine rings is 1. The lowest BCUT2D eigenvalue weighted by atomic mass is 10.2. The number of halogens is 2. The molecule has 0 spiro atoms. The van der Waals surface area contributed by atoms with Crippen molar-refractivity contribution >= 4 is 15.9 Å². The van der Waals surface area contributed by atoms with Gasteiger partial charge in [0.2, 0.25) is 5.95 Å². The van der Waals surface area contributed by atoms with Crippen molar-refractivity contribution in [3.63, 3.8) is 0 Å². The van der Waals surface area contributed by atoms with Crippen molar-refractivity contribution in [3.05, 3.63) is 28.2 Å². The normalized spacial score (nSPS) is 22.3. The molecule has 1 unspecified atom stereocenters. The summed E-state index contributed by atoms with van der Waals surface area (Å²) in [4.78, 5) is 3.78. The first-order chi connectivity index (χ1) is 6.77. The van der Waals surface area contributed by atoms with Crippen molar-refractivity contribution in [1.82, 2.24) is 4.98 Å². The zero-order chi connectivity index (χ0) is 9.97. The van der Waals surface area contributed by atoms with E-state index in [-0.39, 0.29) is 6.10 Å². The molecule has 1 atom stereocenters. The molecular formula is C9H9BrFNO2. The zero-order valence-electron chi connectivity index (χ0n) is 7.37. The van der Waals surface area contributed by atoms with Gasteiger partial charge in [-0.15, -0.1) is 0 Å². The fraction of sp³-hybridized carbons (Fsp3) is 0.444. The SMILES string of the molecule is Fc1nc(C2COCCO2)ccc1Br. The van der Waals surface area contributed by atoms with Crippen LogP contribution in [0.3, 0.4) is 0 Å². The standard InChI is InChI=1S/C9H9BrFNO2/c10-6-1-2-7(12-9(6)11)8-5-13-3-4-14-8/h1-2,8H,3-5H2. The summed E-state index contributed by atoms with van der Waals surface area (Å²) in [5.74, 6) is -0.517. The first-order valence-electron chi connectivity index (χ1n) is 4.28. The van der Waals surface area contributed by atoms with E-state index in [1.165, 1.54) is 0 Å². The van der Waals surface area contributed by atoms with Gasteiger partial charge < -0.3 is 9.47 Å². The Morgan fingerprint density at radius 3 is 2.93 bits per heavy atom. The van der Waals surface area contributed by atoms with Crippen molar-refractivity contribution in [2.24, 2.45) is 0 Å². The molecule has 1 saturated heterocycles. The van der Waals surface area contributed by atoms with E-state index in [9.17, 15) is 4.39 Å². The van der Waals surface area contributed by atoms with Gasteiger partial charge in [0.25, 0.3) is 0 Å². The zero-order valence-corrected chi connectivity index (χ0v) is 8.96. The van der Waals surface area contributed by atoms with Gasteiger partial charge in [-0.05, 0) is 28.1 Å². The van der Waals surface area contributed by atoms with Crippen molar-refractivity contribution in [1.29, 1.82) is 0 Å². The Bertz CT molecular complexity index is 329. The van der Waals surface area contributed by atoms with E-state index in [4.69, 9.17) is 9.47 Å². The largest absolute Gasteiger partial charge is 0.376 e. The maximum atomic E-state index is 13.1. The highest BCUT2D eigenvalue weighted by molar-refractivity contribution is 9.10. The summed E-state index contributed by atoms with van der Waals surface area (Å²) >= 11 is 3.04. The topological polar surface area (TPSA) is 31.4 Å². The van der Waals surface area contributed by atoms with Crippen LogP contribution in [0.4, 0.5) is 4.39 Å². The Labute approximate surface area is 89.4 Å². The Hall–Kier alpha value is -0.520. The van der Waals surface area contributed by atoms with Crippen molar-refractivity contribution < 1.29 is 13.9 Å². The number of nitrogens with zero attached hydrogens (tertiary/aromatic N) is 1. The molecule has 0 bridgehead atoms. The third-order valence-electron chi connectivity index (χ3n) is 1.97. The smallest absolute Gasteiger partial charge is 0.227 e. The van der Waals surface area contributed by atoms with Crippen LogP contribution in [0.15, 0.2) is 16.6 Å². The fourth-order valence-corrected chi connectivity index (χ4v) is 1.49. The molecule has 1 aromatic heterocycles. The Morgan fingerprint density at radius 2 is 2.29 bits per heavy atom. The minimum absolute atomic E-state index is 0.244. The quantitative estimate of drug-likeness (QED) is 0.726. The van der Waals surface area contributed by atoms with Crippen molar-refractivity contribution in [3.8, 4) is 0 Å². The van der Waals surface area contributed by atoms with Crippen LogP contribution < -0.4 is 0 Å². The molecule has 1 aliphatic heterocycles. The average molecular weight is 262 g/mol. The van der Waals surface area contributed by atoms with E-state index in [1.807, 2.05) is 0 Å². The van der Waals surface area contributed by atoms with Crippen molar-refractivity contribution in [2.45, 2.75) is 6.10 Å². The van der Waals surface area contributed by atoms with Gasteiger partial charge in [0.15, 0.2) is 0 Å². The summed E-state index contributed by atoms with van der Waals surface area (Å²) in [5, 5.41) is 0. The summed E-state index contributed by atoms with van der Waals surface area (Å²) in [6, 6.07) is 3.35. The minimum Gasteiger partial charge on any atom is -0.376 e. The Morgan fingerprint density at radius 1 is 1.43 bits per heavy atom. The first kappa shape index (κ1) is 10.0. The first-order valence-corrected chi connectivity index (χ1v) is 5.08. The Kier molecular flexibility index (Phi) is 3.10. The number of hydrogen-bond donors (Lipinski definition) is 0. The third kappa shape index (κ3) is 2.10. The second-order valence-corrected chi connectivity index (χ2v) is 3.80. The maximum Gasteiger partial charge on any atom is 0.227 e. The van der Waals surface area contributed by atoms with E-state index in [1.54, 1.807) is 12.1 Å². The highest BCUT2D eigenvalue weighted by atomic mass is 79.9. The molecular weight excluding hydrogens is 253 g/mol. The van der Waals surface area contributed by atoms with Gasteiger partial charge in [-0.1, -0.05) is 0 Å². The fourth-order valence-electron chi connectivity index (χ4n) is 1.27. The van der Waals surface area contributed by atoms with Gasteiger partial charge in [0.05, 0.1) is 30.0 Å². The molecule has 14 heavy (non-hydrogen) atoms. The summed E-state index contributed by atoms with van der Waals surface area (Å²) in [6.45, 7) is 1.56. The van der Waals surface area contributed by atoms with E-state index < -0.39 is 5.95 Å². The number of rotatable bonds is 1. The lowest BCUT2D eigenvalue weighted by molar-refractivity contribution is -0.0920. The minimum atomic E-state index is -0.517. The number of aromatic nitrogens is 1. The van der Waals surface area contributed by atoms with Crippen LogP contribution in [-0.2, 0) is 9.47 Å². The molecule has 0 aliphatic carbocycles. The molecule has 2 heterocycles. The summed E-state index contributed by atoms with van der Waals surface area (Å²) in [6.07, 6.45) is -0.244. The van der Waals surface area contributed by atoms with Gasteiger partial charge >= 0.3 is 0 Å². The van der Waals surface area contributed by atoms with Crippen LogP contribution in [-0.4, -0.2) is 24.8 Å². The summed E-state index contributed by atoms with van der Waals surface area (Å²) in [5.41, 5.74) is 0.574. The van der Waals surface area contributed by atoms with Crippen LogP contribution in [0.1, 0.15) is 11.8 Å². The molecule has 1 aromatic rings. The molecule has 0 aromatic carbocycles. The predicted octanol–water partition coefficient (Wildman–Crippen LogP) is 2.07. The van der Waals surface area contributed by atoms with E-state index in [0.29, 0.717) is 30.0 Å². The van der Waals surface area contributed by atoms with Crippen molar-refractivity contribution in [2.75, 3.05) is 19.8 Å². The molecule has 76 valence electrons. The molecule has 5 heteroatoms. The van der Waals surface area contributed by atoms with Crippen LogP contribution >= 0.6 is 15.9 Å². The average Bonchev–Trinajstić information content (AvgIpc) is 2.23. The molecule has 0 radical (unpaired) electrons. The second-order valence-electron chi connectivity index (χ2n) is 2.94. The van der Waals surface area contributed by atoms with Gasteiger partial charge in [0.1, 0.15) is 6.10 Å². The molecule has 2 rings (SSSR count). The molecule has 1 fully saturated rings. The molecule has 0 N–H and O–H groups in total. The highest BCUT2D eigenvalue weighted by Gasteiger charge is 2.18. The molecule has 1 aliphatic rings. The molecule has 3 nitrogen and oxygen atoms in total. The van der Waals surface area contributed by atoms with Crippen LogP contribution in [0.25, 0.3) is 0 Å². The van der Waals surface area contributed by atoms with Gasteiger partial charge in [-0.25, -0.2) is 4.98 Å². The summed E-state index contributed by atoms with van der Waals surface area (Å²) < 4.78 is 24.0. The maximum absolute atomic E-state index is 13.1. The van der Waals surface area contributed by atoms with E-state index in [0.717, 1.165) is 0 Å². The van der Waals surface area contributed by atoms with Gasteiger partial charge in [-0.3, -0.25) is 0 Å².